The molecule has 0 N–H and O–H groups in total. The smallest absolute Gasteiger partial charge is 0.363 e. The maximum absolute atomic E-state index is 12.1. The van der Waals surface area contributed by atoms with Crippen LogP contribution in [-0.4, -0.2) is 11.9 Å². The highest BCUT2D eigenvalue weighted by molar-refractivity contribution is 6.30. The number of para-hydroxylation sites is 1. The molecule has 2 heterocycles. The third-order valence-corrected chi connectivity index (χ3v) is 4.12. The minimum Gasteiger partial charge on any atom is -0.488 e. The summed E-state index contributed by atoms with van der Waals surface area (Å²) in [5.41, 5.74) is 1.90. The van der Waals surface area contributed by atoms with Crippen LogP contribution in [0.5, 0.6) is 5.75 Å². The van der Waals surface area contributed by atoms with Gasteiger partial charge in [0.25, 0.3) is 5.90 Å². The van der Waals surface area contributed by atoms with Gasteiger partial charge in [-0.15, -0.1) is 0 Å². The minimum atomic E-state index is -0.533. The monoisotopic (exact) mass is 379 g/mol. The van der Waals surface area contributed by atoms with Crippen LogP contribution in [0.25, 0.3) is 6.08 Å². The van der Waals surface area contributed by atoms with Gasteiger partial charge in [-0.2, -0.15) is 0 Å². The van der Waals surface area contributed by atoms with Gasteiger partial charge in [0.1, 0.15) is 12.4 Å². The van der Waals surface area contributed by atoms with E-state index in [0.717, 1.165) is 11.1 Å². The number of furan rings is 1. The van der Waals surface area contributed by atoms with E-state index < -0.39 is 5.97 Å². The highest BCUT2D eigenvalue weighted by Crippen LogP contribution is 2.25. The van der Waals surface area contributed by atoms with Crippen LogP contribution >= 0.6 is 11.6 Å². The van der Waals surface area contributed by atoms with Crippen molar-refractivity contribution < 1.29 is 18.7 Å². The van der Waals surface area contributed by atoms with Crippen molar-refractivity contribution >= 4 is 29.5 Å². The molecule has 0 bridgehead atoms. The van der Waals surface area contributed by atoms with E-state index in [2.05, 4.69) is 4.99 Å². The summed E-state index contributed by atoms with van der Waals surface area (Å²) in [5, 5.41) is 0.675. The predicted octanol–water partition coefficient (Wildman–Crippen LogP) is 4.86. The third-order valence-electron chi connectivity index (χ3n) is 3.87. The fraction of sp³-hybridized carbons (Fsp3) is 0.0476. The Kier molecular flexibility index (Phi) is 4.77. The molecule has 1 aromatic heterocycles. The lowest BCUT2D eigenvalue weighted by molar-refractivity contribution is -0.130. The van der Waals surface area contributed by atoms with Gasteiger partial charge in [-0.05, 0) is 42.0 Å². The Morgan fingerprint density at radius 1 is 1.04 bits per heavy atom. The molecule has 0 radical (unpaired) electrons. The zero-order chi connectivity index (χ0) is 18.6. The minimum absolute atomic E-state index is 0.149. The van der Waals surface area contributed by atoms with Crippen molar-refractivity contribution in [2.45, 2.75) is 6.61 Å². The molecule has 0 unspecified atom stereocenters. The zero-order valence-corrected chi connectivity index (χ0v) is 14.8. The van der Waals surface area contributed by atoms with Crippen LogP contribution in [-0.2, 0) is 16.1 Å². The zero-order valence-electron chi connectivity index (χ0n) is 14.1. The van der Waals surface area contributed by atoms with Crippen LogP contribution in [0.3, 0.4) is 0 Å². The van der Waals surface area contributed by atoms with Crippen molar-refractivity contribution in [3.05, 3.63) is 94.5 Å². The summed E-state index contributed by atoms with van der Waals surface area (Å²) in [7, 11) is 0. The number of rotatable bonds is 5. The summed E-state index contributed by atoms with van der Waals surface area (Å²) in [6.07, 6.45) is 3.13. The summed E-state index contributed by atoms with van der Waals surface area (Å²) in [6, 6.07) is 18.2. The van der Waals surface area contributed by atoms with Crippen molar-refractivity contribution in [3.8, 4) is 5.75 Å². The molecular weight excluding hydrogens is 366 g/mol. The lowest BCUT2D eigenvalue weighted by Gasteiger charge is -2.09. The van der Waals surface area contributed by atoms with E-state index in [1.165, 1.54) is 6.26 Å². The van der Waals surface area contributed by atoms with Crippen molar-refractivity contribution in [1.82, 2.24) is 0 Å². The van der Waals surface area contributed by atoms with Gasteiger partial charge in [-0.1, -0.05) is 41.9 Å². The van der Waals surface area contributed by atoms with Crippen LogP contribution in [0.15, 0.2) is 82.0 Å². The summed E-state index contributed by atoms with van der Waals surface area (Å²) in [6.45, 7) is 0.378. The highest BCUT2D eigenvalue weighted by atomic mass is 35.5. The van der Waals surface area contributed by atoms with Crippen LogP contribution in [0.2, 0.25) is 5.02 Å². The van der Waals surface area contributed by atoms with Crippen molar-refractivity contribution in [3.63, 3.8) is 0 Å². The molecule has 5 nitrogen and oxygen atoms in total. The number of cyclic esters (lactones) is 1. The number of carbonyl (C=O) groups is 1. The van der Waals surface area contributed by atoms with E-state index in [0.29, 0.717) is 23.1 Å². The van der Waals surface area contributed by atoms with Gasteiger partial charge in [0, 0.05) is 10.6 Å². The maximum Gasteiger partial charge on any atom is 0.363 e. The molecule has 0 spiro atoms. The number of ether oxygens (including phenoxy) is 2. The normalized spacial score (nSPS) is 14.9. The van der Waals surface area contributed by atoms with E-state index in [4.69, 9.17) is 25.5 Å². The second-order valence-corrected chi connectivity index (χ2v) is 6.20. The van der Waals surface area contributed by atoms with E-state index >= 15 is 0 Å². The van der Waals surface area contributed by atoms with Gasteiger partial charge in [-0.3, -0.25) is 0 Å². The van der Waals surface area contributed by atoms with Crippen LogP contribution in [0.1, 0.15) is 16.9 Å². The fourth-order valence-electron chi connectivity index (χ4n) is 2.54. The predicted molar refractivity (Wildman–Crippen MR) is 102 cm³/mol. The Bertz CT molecular complexity index is 1020. The highest BCUT2D eigenvalue weighted by Gasteiger charge is 2.26. The number of hydrogen-bond donors (Lipinski definition) is 0. The van der Waals surface area contributed by atoms with E-state index in [1.807, 2.05) is 48.5 Å². The van der Waals surface area contributed by atoms with Gasteiger partial charge < -0.3 is 13.9 Å². The Morgan fingerprint density at radius 3 is 2.63 bits per heavy atom. The molecule has 0 saturated carbocycles. The molecule has 0 amide bonds. The number of esters is 1. The molecular formula is C21H14ClNO4. The standard InChI is InChI=1S/C21H14ClNO4/c22-16-9-7-14(8-10-16)13-26-18-5-2-1-4-15(18)12-17-21(24)27-20(23-17)19-6-3-11-25-19/h1-12H,13H2/b17-12-. The number of halogens is 1. The SMILES string of the molecule is O=C1OC(c2ccco2)=N/C1=C\c1ccccc1OCc1ccc(Cl)cc1. The first-order valence-electron chi connectivity index (χ1n) is 8.22. The Hall–Kier alpha value is -3.31. The molecule has 0 saturated heterocycles. The lowest BCUT2D eigenvalue weighted by atomic mass is 10.1. The van der Waals surface area contributed by atoms with Gasteiger partial charge >= 0.3 is 5.97 Å². The van der Waals surface area contributed by atoms with Crippen LogP contribution < -0.4 is 4.74 Å². The van der Waals surface area contributed by atoms with Gasteiger partial charge in [0.05, 0.1) is 6.26 Å². The average Bonchev–Trinajstić information content (AvgIpc) is 3.33. The fourth-order valence-corrected chi connectivity index (χ4v) is 2.66. The molecule has 0 fully saturated rings. The van der Waals surface area contributed by atoms with E-state index in [1.54, 1.807) is 18.2 Å². The maximum atomic E-state index is 12.1. The second kappa shape index (κ2) is 7.51. The first-order valence-corrected chi connectivity index (χ1v) is 8.59. The molecule has 134 valence electrons. The molecule has 3 aromatic rings. The summed E-state index contributed by atoms with van der Waals surface area (Å²) in [4.78, 5) is 16.3. The van der Waals surface area contributed by atoms with E-state index in [-0.39, 0.29) is 11.6 Å². The number of nitrogens with zero attached hydrogens (tertiary/aromatic N) is 1. The number of carbonyl (C=O) groups excluding carboxylic acids is 1. The molecule has 0 atom stereocenters. The topological polar surface area (TPSA) is 61.0 Å². The summed E-state index contributed by atoms with van der Waals surface area (Å²) >= 11 is 5.90. The first kappa shape index (κ1) is 17.1. The lowest BCUT2D eigenvalue weighted by Crippen LogP contribution is -2.04. The van der Waals surface area contributed by atoms with Gasteiger partial charge in [0.15, 0.2) is 11.5 Å². The molecule has 0 aliphatic carbocycles. The van der Waals surface area contributed by atoms with Crippen LogP contribution in [0.4, 0.5) is 0 Å². The molecule has 27 heavy (non-hydrogen) atoms. The molecule has 1 aliphatic rings. The number of aliphatic imine (C=N–C) groups is 1. The molecule has 4 rings (SSSR count). The van der Waals surface area contributed by atoms with Crippen molar-refractivity contribution in [1.29, 1.82) is 0 Å². The summed E-state index contributed by atoms with van der Waals surface area (Å²) < 4.78 is 16.3. The van der Waals surface area contributed by atoms with Gasteiger partial charge in [0.2, 0.25) is 0 Å². The molecule has 1 aliphatic heterocycles. The van der Waals surface area contributed by atoms with Crippen molar-refractivity contribution in [2.24, 2.45) is 4.99 Å². The Balaban J connectivity index is 1.56. The van der Waals surface area contributed by atoms with Crippen molar-refractivity contribution in [2.75, 3.05) is 0 Å². The Morgan fingerprint density at radius 2 is 1.85 bits per heavy atom. The second-order valence-electron chi connectivity index (χ2n) is 5.77. The average molecular weight is 380 g/mol. The van der Waals surface area contributed by atoms with Crippen LogP contribution in [0, 0.1) is 0 Å². The first-order chi connectivity index (χ1) is 13.2. The summed E-state index contributed by atoms with van der Waals surface area (Å²) in [5.74, 6) is 0.651. The third kappa shape index (κ3) is 3.93. The molecule has 2 aromatic carbocycles. The number of hydrogen-bond acceptors (Lipinski definition) is 5. The molecule has 6 heteroatoms. The largest absolute Gasteiger partial charge is 0.488 e. The quantitative estimate of drug-likeness (QED) is 0.469. The Labute approximate surface area is 160 Å². The number of benzene rings is 2. The van der Waals surface area contributed by atoms with Gasteiger partial charge in [-0.25, -0.2) is 9.79 Å². The van der Waals surface area contributed by atoms with E-state index in [9.17, 15) is 4.79 Å².